The quantitative estimate of drug-likeness (QED) is 0.775. The molecule has 0 amide bonds. The van der Waals surface area contributed by atoms with Gasteiger partial charge >= 0.3 is 0 Å². The molecule has 0 saturated heterocycles. The fourth-order valence-electron chi connectivity index (χ4n) is 1.59. The first-order valence-electron chi connectivity index (χ1n) is 5.89. The second-order valence-corrected chi connectivity index (χ2v) is 5.95. The van der Waals surface area contributed by atoms with E-state index in [1.807, 2.05) is 11.8 Å². The molecule has 1 heterocycles. The first-order chi connectivity index (χ1) is 7.76. The van der Waals surface area contributed by atoms with Crippen LogP contribution in [0.5, 0.6) is 0 Å². The molecule has 0 saturated carbocycles. The second kappa shape index (κ2) is 8.09. The molecule has 1 aromatic heterocycles. The summed E-state index contributed by atoms with van der Waals surface area (Å²) in [5.74, 6) is 1.23. The number of hydrogen-bond acceptors (Lipinski definition) is 4. The molecule has 0 aliphatic heterocycles. The van der Waals surface area contributed by atoms with E-state index in [1.165, 1.54) is 23.6 Å². The van der Waals surface area contributed by atoms with Gasteiger partial charge in [0, 0.05) is 23.5 Å². The first kappa shape index (κ1) is 14.0. The van der Waals surface area contributed by atoms with Crippen LogP contribution in [0, 0.1) is 6.92 Å². The maximum atomic E-state index is 4.54. The third kappa shape index (κ3) is 5.32. The van der Waals surface area contributed by atoms with Gasteiger partial charge in [0.15, 0.2) is 0 Å². The van der Waals surface area contributed by atoms with E-state index in [1.54, 1.807) is 11.3 Å². The van der Waals surface area contributed by atoms with E-state index in [9.17, 15) is 0 Å². The monoisotopic (exact) mass is 258 g/mol. The van der Waals surface area contributed by atoms with E-state index in [-0.39, 0.29) is 0 Å². The van der Waals surface area contributed by atoms with Gasteiger partial charge in [-0.05, 0) is 38.3 Å². The van der Waals surface area contributed by atoms with Crippen LogP contribution in [0.25, 0.3) is 0 Å². The molecule has 0 spiro atoms. The molecule has 1 unspecified atom stereocenters. The van der Waals surface area contributed by atoms with Crippen LogP contribution in [0.2, 0.25) is 0 Å². The predicted octanol–water partition coefficient (Wildman–Crippen LogP) is 3.12. The highest BCUT2D eigenvalue weighted by Crippen LogP contribution is 2.13. The van der Waals surface area contributed by atoms with Crippen LogP contribution in [-0.2, 0) is 6.42 Å². The normalized spacial score (nSPS) is 12.9. The number of nitrogens with zero attached hydrogens (tertiary/aromatic N) is 1. The number of thiazole rings is 1. The molecule has 0 radical (unpaired) electrons. The lowest BCUT2D eigenvalue weighted by atomic mass is 10.1. The molecule has 16 heavy (non-hydrogen) atoms. The van der Waals surface area contributed by atoms with Crippen molar-refractivity contribution in [3.63, 3.8) is 0 Å². The fraction of sp³-hybridized carbons (Fsp3) is 0.750. The standard InChI is InChI=1S/C12H22N2S2/c1-4-6-13-11(5-7-15-3)8-12-14-10(2)9-16-12/h9,11,13H,4-8H2,1-3H3. The predicted molar refractivity (Wildman–Crippen MR) is 75.6 cm³/mol. The topological polar surface area (TPSA) is 24.9 Å². The summed E-state index contributed by atoms with van der Waals surface area (Å²) in [6, 6.07) is 0.595. The molecule has 4 heteroatoms. The van der Waals surface area contributed by atoms with Gasteiger partial charge in [0.05, 0.1) is 5.01 Å². The van der Waals surface area contributed by atoms with Crippen LogP contribution in [0.1, 0.15) is 30.5 Å². The van der Waals surface area contributed by atoms with Crippen molar-refractivity contribution in [1.29, 1.82) is 0 Å². The minimum atomic E-state index is 0.595. The highest BCUT2D eigenvalue weighted by Gasteiger charge is 2.10. The van der Waals surface area contributed by atoms with Crippen LogP contribution in [0.3, 0.4) is 0 Å². The Bertz CT molecular complexity index is 278. The molecular formula is C12H22N2S2. The Morgan fingerprint density at radius 2 is 2.38 bits per heavy atom. The molecule has 1 rings (SSSR count). The lowest BCUT2D eigenvalue weighted by Gasteiger charge is -2.16. The maximum absolute atomic E-state index is 4.54. The summed E-state index contributed by atoms with van der Waals surface area (Å²) < 4.78 is 0. The van der Waals surface area contributed by atoms with Gasteiger partial charge in [0.1, 0.15) is 0 Å². The smallest absolute Gasteiger partial charge is 0.0943 e. The average Bonchev–Trinajstić information content (AvgIpc) is 2.68. The van der Waals surface area contributed by atoms with Crippen molar-refractivity contribution in [2.24, 2.45) is 0 Å². The van der Waals surface area contributed by atoms with Crippen LogP contribution in [0.4, 0.5) is 0 Å². The molecule has 1 atom stereocenters. The van der Waals surface area contributed by atoms with Gasteiger partial charge in [-0.25, -0.2) is 4.98 Å². The first-order valence-corrected chi connectivity index (χ1v) is 8.17. The van der Waals surface area contributed by atoms with Gasteiger partial charge in [0.2, 0.25) is 0 Å². The number of hydrogen-bond donors (Lipinski definition) is 1. The Balaban J connectivity index is 2.41. The van der Waals surface area contributed by atoms with Crippen molar-refractivity contribution in [3.8, 4) is 0 Å². The fourth-order valence-corrected chi connectivity index (χ4v) is 2.97. The SMILES string of the molecule is CCCNC(CCSC)Cc1nc(C)cs1. The minimum Gasteiger partial charge on any atom is -0.314 e. The Morgan fingerprint density at radius 3 is 2.94 bits per heavy atom. The zero-order chi connectivity index (χ0) is 11.8. The van der Waals surface area contributed by atoms with Crippen molar-refractivity contribution in [1.82, 2.24) is 10.3 Å². The number of rotatable bonds is 8. The summed E-state index contributed by atoms with van der Waals surface area (Å²) in [6.07, 6.45) is 5.69. The number of aromatic nitrogens is 1. The van der Waals surface area contributed by atoms with Crippen molar-refractivity contribution in [2.45, 2.75) is 39.2 Å². The summed E-state index contributed by atoms with van der Waals surface area (Å²) >= 11 is 3.71. The molecule has 2 nitrogen and oxygen atoms in total. The van der Waals surface area contributed by atoms with Crippen molar-refractivity contribution in [3.05, 3.63) is 16.1 Å². The molecule has 0 fully saturated rings. The molecule has 0 aromatic carbocycles. The van der Waals surface area contributed by atoms with Crippen molar-refractivity contribution >= 4 is 23.1 Å². The Hall–Kier alpha value is -0.0600. The van der Waals surface area contributed by atoms with Crippen LogP contribution < -0.4 is 5.32 Å². The molecule has 1 aromatic rings. The second-order valence-electron chi connectivity index (χ2n) is 4.02. The van der Waals surface area contributed by atoms with E-state index >= 15 is 0 Å². The van der Waals surface area contributed by atoms with E-state index in [0.717, 1.165) is 18.7 Å². The summed E-state index contributed by atoms with van der Waals surface area (Å²) in [5.41, 5.74) is 1.15. The summed E-state index contributed by atoms with van der Waals surface area (Å²) in [6.45, 7) is 5.39. The van der Waals surface area contributed by atoms with Crippen molar-refractivity contribution in [2.75, 3.05) is 18.6 Å². The third-order valence-electron chi connectivity index (χ3n) is 2.44. The Kier molecular flexibility index (Phi) is 7.08. The molecule has 92 valence electrons. The number of thioether (sulfide) groups is 1. The lowest BCUT2D eigenvalue weighted by molar-refractivity contribution is 0.496. The van der Waals surface area contributed by atoms with E-state index in [0.29, 0.717) is 6.04 Å². The highest BCUT2D eigenvalue weighted by molar-refractivity contribution is 7.98. The maximum Gasteiger partial charge on any atom is 0.0943 e. The number of nitrogens with one attached hydrogen (secondary N) is 1. The molecule has 1 N–H and O–H groups in total. The molecular weight excluding hydrogens is 236 g/mol. The van der Waals surface area contributed by atoms with E-state index in [2.05, 4.69) is 35.8 Å². The Labute approximate surface area is 107 Å². The number of aryl methyl sites for hydroxylation is 1. The van der Waals surface area contributed by atoms with Crippen LogP contribution >= 0.6 is 23.1 Å². The minimum absolute atomic E-state index is 0.595. The average molecular weight is 258 g/mol. The zero-order valence-electron chi connectivity index (χ0n) is 10.5. The molecule has 0 aliphatic rings. The van der Waals surface area contributed by atoms with E-state index in [4.69, 9.17) is 0 Å². The van der Waals surface area contributed by atoms with Gasteiger partial charge in [0.25, 0.3) is 0 Å². The summed E-state index contributed by atoms with van der Waals surface area (Å²) in [7, 11) is 0. The van der Waals surface area contributed by atoms with Crippen LogP contribution in [-0.4, -0.2) is 29.6 Å². The van der Waals surface area contributed by atoms with E-state index < -0.39 is 0 Å². The van der Waals surface area contributed by atoms with Gasteiger partial charge in [-0.1, -0.05) is 6.92 Å². The van der Waals surface area contributed by atoms with Gasteiger partial charge in [-0.2, -0.15) is 11.8 Å². The lowest BCUT2D eigenvalue weighted by Crippen LogP contribution is -2.32. The largest absolute Gasteiger partial charge is 0.314 e. The zero-order valence-corrected chi connectivity index (χ0v) is 12.1. The van der Waals surface area contributed by atoms with Crippen LogP contribution in [0.15, 0.2) is 5.38 Å². The van der Waals surface area contributed by atoms with Gasteiger partial charge < -0.3 is 5.32 Å². The summed E-state index contributed by atoms with van der Waals surface area (Å²) in [5, 5.41) is 7.03. The Morgan fingerprint density at radius 1 is 1.56 bits per heavy atom. The van der Waals surface area contributed by atoms with Gasteiger partial charge in [-0.15, -0.1) is 11.3 Å². The van der Waals surface area contributed by atoms with Gasteiger partial charge in [-0.3, -0.25) is 0 Å². The van der Waals surface area contributed by atoms with Crippen molar-refractivity contribution < 1.29 is 0 Å². The summed E-state index contributed by atoms with van der Waals surface area (Å²) in [4.78, 5) is 4.54. The molecule has 0 bridgehead atoms. The highest BCUT2D eigenvalue weighted by atomic mass is 32.2. The molecule has 0 aliphatic carbocycles. The third-order valence-corrected chi connectivity index (χ3v) is 4.07.